The molecule has 5 heteroatoms. The zero-order chi connectivity index (χ0) is 10.7. The van der Waals surface area contributed by atoms with Crippen molar-refractivity contribution in [3.63, 3.8) is 0 Å². The summed E-state index contributed by atoms with van der Waals surface area (Å²) in [6.45, 7) is 2.65. The number of halogens is 1. The molecule has 1 aromatic heterocycles. The second-order valence-electron chi connectivity index (χ2n) is 3.48. The highest BCUT2D eigenvalue weighted by Gasteiger charge is 2.17. The minimum Gasteiger partial charge on any atom is -0.336 e. The van der Waals surface area contributed by atoms with Crippen molar-refractivity contribution >= 4 is 17.5 Å². The van der Waals surface area contributed by atoms with E-state index in [-0.39, 0.29) is 5.91 Å². The Morgan fingerprint density at radius 1 is 1.53 bits per heavy atom. The number of amides is 1. The maximum Gasteiger partial charge on any atom is 0.236 e. The highest BCUT2D eigenvalue weighted by atomic mass is 35.5. The molecule has 1 N–H and O–H groups in total. The lowest BCUT2D eigenvalue weighted by atomic mass is 10.2. The van der Waals surface area contributed by atoms with Crippen molar-refractivity contribution in [2.45, 2.75) is 6.54 Å². The summed E-state index contributed by atoms with van der Waals surface area (Å²) in [5, 5.41) is 3.51. The zero-order valence-electron chi connectivity index (χ0n) is 8.24. The fraction of sp³-hybridized carbons (Fsp3) is 0.400. The number of rotatable bonds is 2. The van der Waals surface area contributed by atoms with Crippen LogP contribution < -0.4 is 5.32 Å². The van der Waals surface area contributed by atoms with Crippen LogP contribution in [0, 0.1) is 0 Å². The summed E-state index contributed by atoms with van der Waals surface area (Å²) >= 11 is 5.68. The van der Waals surface area contributed by atoms with Crippen molar-refractivity contribution in [1.82, 2.24) is 15.2 Å². The molecule has 2 rings (SSSR count). The molecule has 80 valence electrons. The van der Waals surface area contributed by atoms with E-state index >= 15 is 0 Å². The maximum absolute atomic E-state index is 11.5. The number of hydrogen-bond acceptors (Lipinski definition) is 3. The number of piperazine rings is 1. The Morgan fingerprint density at radius 3 is 3.07 bits per heavy atom. The fourth-order valence-electron chi connectivity index (χ4n) is 1.53. The van der Waals surface area contributed by atoms with Gasteiger partial charge in [0.05, 0.1) is 6.54 Å². The van der Waals surface area contributed by atoms with Gasteiger partial charge < -0.3 is 10.2 Å². The maximum atomic E-state index is 11.5. The van der Waals surface area contributed by atoms with Gasteiger partial charge in [-0.2, -0.15) is 0 Å². The molecule has 2 heterocycles. The topological polar surface area (TPSA) is 45.2 Å². The number of carbonyl (C=O) groups is 1. The summed E-state index contributed by atoms with van der Waals surface area (Å²) < 4.78 is 0. The van der Waals surface area contributed by atoms with Crippen molar-refractivity contribution in [3.8, 4) is 0 Å². The number of aromatic nitrogens is 1. The second kappa shape index (κ2) is 4.59. The lowest BCUT2D eigenvalue weighted by Gasteiger charge is -2.27. The summed E-state index contributed by atoms with van der Waals surface area (Å²) in [6.07, 6.45) is 1.71. The number of carbonyl (C=O) groups excluding carboxylic acids is 1. The Balaban J connectivity index is 2.01. The fourth-order valence-corrected chi connectivity index (χ4v) is 1.65. The lowest BCUT2D eigenvalue weighted by molar-refractivity contribution is -0.132. The van der Waals surface area contributed by atoms with Crippen LogP contribution in [0.5, 0.6) is 0 Å². The van der Waals surface area contributed by atoms with Crippen LogP contribution in [0.25, 0.3) is 0 Å². The minimum absolute atomic E-state index is 0.135. The quantitative estimate of drug-likeness (QED) is 0.753. The molecule has 0 unspecified atom stereocenters. The van der Waals surface area contributed by atoms with Crippen molar-refractivity contribution in [2.24, 2.45) is 0 Å². The summed E-state index contributed by atoms with van der Waals surface area (Å²) in [4.78, 5) is 17.3. The minimum atomic E-state index is 0.135. The normalized spacial score (nSPS) is 16.9. The van der Waals surface area contributed by atoms with Crippen LogP contribution >= 0.6 is 11.6 Å². The van der Waals surface area contributed by atoms with Gasteiger partial charge in [-0.15, -0.1) is 0 Å². The van der Waals surface area contributed by atoms with Gasteiger partial charge in [-0.3, -0.25) is 4.79 Å². The highest BCUT2D eigenvalue weighted by Crippen LogP contribution is 2.08. The van der Waals surface area contributed by atoms with Gasteiger partial charge in [0.1, 0.15) is 5.15 Å². The van der Waals surface area contributed by atoms with E-state index < -0.39 is 0 Å². The Bertz CT molecular complexity index is 352. The SMILES string of the molecule is O=C1CNCCN1Cc1ccc(Cl)nc1. The Kier molecular flexibility index (Phi) is 3.18. The summed E-state index contributed by atoms with van der Waals surface area (Å²) in [7, 11) is 0. The molecular weight excluding hydrogens is 214 g/mol. The number of pyridine rings is 1. The first-order valence-electron chi connectivity index (χ1n) is 4.84. The molecule has 1 aliphatic rings. The van der Waals surface area contributed by atoms with E-state index in [1.165, 1.54) is 0 Å². The highest BCUT2D eigenvalue weighted by molar-refractivity contribution is 6.29. The predicted octanol–water partition coefficient (Wildman–Crippen LogP) is 0.667. The van der Waals surface area contributed by atoms with E-state index in [1.54, 1.807) is 12.3 Å². The molecule has 1 aromatic rings. The molecule has 15 heavy (non-hydrogen) atoms. The first-order valence-corrected chi connectivity index (χ1v) is 5.22. The van der Waals surface area contributed by atoms with Gasteiger partial charge in [0, 0.05) is 25.8 Å². The first kappa shape index (κ1) is 10.4. The molecule has 1 aliphatic heterocycles. The van der Waals surface area contributed by atoms with E-state index in [1.807, 2.05) is 11.0 Å². The Labute approximate surface area is 93.2 Å². The third-order valence-electron chi connectivity index (χ3n) is 2.35. The molecule has 1 amide bonds. The molecule has 1 fully saturated rings. The van der Waals surface area contributed by atoms with Gasteiger partial charge in [0.25, 0.3) is 0 Å². The van der Waals surface area contributed by atoms with Gasteiger partial charge in [0.2, 0.25) is 5.91 Å². The van der Waals surface area contributed by atoms with Crippen LogP contribution in [0.4, 0.5) is 0 Å². The van der Waals surface area contributed by atoms with Gasteiger partial charge in [-0.05, 0) is 11.6 Å². The molecule has 0 atom stereocenters. The number of nitrogens with one attached hydrogen (secondary N) is 1. The van der Waals surface area contributed by atoms with Crippen LogP contribution in [0.3, 0.4) is 0 Å². The summed E-state index contributed by atoms with van der Waals surface area (Å²) in [5.41, 5.74) is 1.01. The molecule has 0 bridgehead atoms. The van der Waals surface area contributed by atoms with Crippen molar-refractivity contribution in [2.75, 3.05) is 19.6 Å². The molecule has 1 saturated heterocycles. The molecule has 0 spiro atoms. The smallest absolute Gasteiger partial charge is 0.236 e. The number of hydrogen-bond donors (Lipinski definition) is 1. The van der Waals surface area contributed by atoms with E-state index in [0.717, 1.165) is 18.7 Å². The summed E-state index contributed by atoms with van der Waals surface area (Å²) in [6, 6.07) is 3.63. The number of nitrogens with zero attached hydrogens (tertiary/aromatic N) is 2. The predicted molar refractivity (Wildman–Crippen MR) is 57.5 cm³/mol. The average molecular weight is 226 g/mol. The third kappa shape index (κ3) is 2.67. The molecule has 0 radical (unpaired) electrons. The first-order chi connectivity index (χ1) is 7.25. The van der Waals surface area contributed by atoms with Gasteiger partial charge in [-0.25, -0.2) is 4.98 Å². The molecular formula is C10H12ClN3O. The molecule has 0 saturated carbocycles. The van der Waals surface area contributed by atoms with Crippen LogP contribution in [0.15, 0.2) is 18.3 Å². The second-order valence-corrected chi connectivity index (χ2v) is 3.87. The monoisotopic (exact) mass is 225 g/mol. The van der Waals surface area contributed by atoms with Crippen LogP contribution in [0.2, 0.25) is 5.15 Å². The summed E-state index contributed by atoms with van der Waals surface area (Å²) in [5.74, 6) is 0.135. The van der Waals surface area contributed by atoms with Gasteiger partial charge in [-0.1, -0.05) is 17.7 Å². The van der Waals surface area contributed by atoms with E-state index in [2.05, 4.69) is 10.3 Å². The van der Waals surface area contributed by atoms with Crippen molar-refractivity contribution in [3.05, 3.63) is 29.0 Å². The van der Waals surface area contributed by atoms with Crippen LogP contribution in [-0.4, -0.2) is 35.4 Å². The van der Waals surface area contributed by atoms with E-state index in [9.17, 15) is 4.79 Å². The Hall–Kier alpha value is -1.13. The lowest BCUT2D eigenvalue weighted by Crippen LogP contribution is -2.47. The molecule has 4 nitrogen and oxygen atoms in total. The standard InChI is InChI=1S/C10H12ClN3O/c11-9-2-1-8(5-13-9)7-14-4-3-12-6-10(14)15/h1-2,5,12H,3-4,6-7H2. The molecule has 0 aliphatic carbocycles. The average Bonchev–Trinajstić information content (AvgIpc) is 2.25. The van der Waals surface area contributed by atoms with Crippen molar-refractivity contribution < 1.29 is 4.79 Å². The van der Waals surface area contributed by atoms with Gasteiger partial charge in [0.15, 0.2) is 0 Å². The third-order valence-corrected chi connectivity index (χ3v) is 2.57. The van der Waals surface area contributed by atoms with Crippen molar-refractivity contribution in [1.29, 1.82) is 0 Å². The van der Waals surface area contributed by atoms with Gasteiger partial charge >= 0.3 is 0 Å². The van der Waals surface area contributed by atoms with Crippen LogP contribution in [-0.2, 0) is 11.3 Å². The van der Waals surface area contributed by atoms with E-state index in [0.29, 0.717) is 18.2 Å². The largest absolute Gasteiger partial charge is 0.336 e. The van der Waals surface area contributed by atoms with Crippen LogP contribution in [0.1, 0.15) is 5.56 Å². The van der Waals surface area contributed by atoms with E-state index in [4.69, 9.17) is 11.6 Å². The molecule has 0 aromatic carbocycles. The Morgan fingerprint density at radius 2 is 2.40 bits per heavy atom. The zero-order valence-corrected chi connectivity index (χ0v) is 9.00.